The van der Waals surface area contributed by atoms with Gasteiger partial charge in [-0.1, -0.05) is 74.5 Å². The van der Waals surface area contributed by atoms with Gasteiger partial charge in [-0.05, 0) is 82.6 Å². The van der Waals surface area contributed by atoms with E-state index in [1.165, 1.54) is 0 Å². The van der Waals surface area contributed by atoms with Gasteiger partial charge in [0.2, 0.25) is 0 Å². The molecule has 1 fully saturated rings. The van der Waals surface area contributed by atoms with Crippen molar-refractivity contribution in [1.29, 1.82) is 0 Å². The molecule has 6 nitrogen and oxygen atoms in total. The Hall–Kier alpha value is -5.10. The number of nitrogens with zero attached hydrogens (tertiary/aromatic N) is 2. The van der Waals surface area contributed by atoms with Crippen molar-refractivity contribution >= 4 is 24.6 Å². The topological polar surface area (TPSA) is 83.6 Å². The standard InChI is InChI=1S/C38H38N2O4/c1-5-25-11-9-13-27(17-25)29-19-31(37(41)35(21-29)43-3)23-39-33-15-7-8-16-34(33)40-24-32-20-30(22-36(44-4)38(32)42)28-14-10-12-26(6-2)18-28/h5-6,9-14,17-24,33-34,41-42H,1-2,7-8,15-16H2,3-4H3. The molecule has 4 aromatic rings. The van der Waals surface area contributed by atoms with Crippen LogP contribution >= 0.6 is 0 Å². The van der Waals surface area contributed by atoms with Gasteiger partial charge in [-0.2, -0.15) is 0 Å². The lowest BCUT2D eigenvalue weighted by Crippen LogP contribution is -2.27. The molecule has 224 valence electrons. The normalized spacial score (nSPS) is 16.7. The molecule has 1 saturated carbocycles. The lowest BCUT2D eigenvalue weighted by atomic mass is 9.91. The number of phenols is 2. The zero-order valence-electron chi connectivity index (χ0n) is 25.2. The fraction of sp³-hybridized carbons (Fsp3) is 0.211. The van der Waals surface area contributed by atoms with Crippen molar-refractivity contribution in [2.75, 3.05) is 14.2 Å². The van der Waals surface area contributed by atoms with Crippen molar-refractivity contribution in [3.8, 4) is 45.3 Å². The summed E-state index contributed by atoms with van der Waals surface area (Å²) in [6.07, 6.45) is 10.9. The first-order valence-corrected chi connectivity index (χ1v) is 14.8. The molecule has 5 rings (SSSR count). The van der Waals surface area contributed by atoms with Crippen LogP contribution in [0.3, 0.4) is 0 Å². The number of hydrogen-bond acceptors (Lipinski definition) is 6. The quantitative estimate of drug-likeness (QED) is 0.182. The fourth-order valence-electron chi connectivity index (χ4n) is 5.58. The van der Waals surface area contributed by atoms with E-state index in [-0.39, 0.29) is 23.6 Å². The van der Waals surface area contributed by atoms with E-state index in [0.717, 1.165) is 59.1 Å². The van der Waals surface area contributed by atoms with Crippen LogP contribution in [-0.2, 0) is 0 Å². The van der Waals surface area contributed by atoms with Crippen LogP contribution in [0, 0.1) is 0 Å². The predicted octanol–water partition coefficient (Wildman–Crippen LogP) is 8.58. The Morgan fingerprint density at radius 3 is 1.45 bits per heavy atom. The average molecular weight is 587 g/mol. The van der Waals surface area contributed by atoms with Gasteiger partial charge in [-0.15, -0.1) is 0 Å². The van der Waals surface area contributed by atoms with Crippen molar-refractivity contribution in [3.05, 3.63) is 108 Å². The number of rotatable bonds is 10. The number of aliphatic imine (C=N–C) groups is 2. The highest BCUT2D eigenvalue weighted by atomic mass is 16.5. The fourth-order valence-corrected chi connectivity index (χ4v) is 5.58. The van der Waals surface area contributed by atoms with Gasteiger partial charge in [0.05, 0.1) is 26.3 Å². The molecular weight excluding hydrogens is 548 g/mol. The SMILES string of the molecule is C=Cc1cccc(-c2cc(C=NC3CCCCC3N=Cc3cc(-c4cccc(C=C)c4)cc(OC)c3O)c(O)c(OC)c2)c1. The van der Waals surface area contributed by atoms with E-state index in [4.69, 9.17) is 19.5 Å². The van der Waals surface area contributed by atoms with Gasteiger partial charge in [0.1, 0.15) is 0 Å². The van der Waals surface area contributed by atoms with E-state index in [1.54, 1.807) is 38.8 Å². The molecular formula is C38H38N2O4. The summed E-state index contributed by atoms with van der Waals surface area (Å²) in [4.78, 5) is 9.85. The van der Waals surface area contributed by atoms with Crippen LogP contribution < -0.4 is 9.47 Å². The van der Waals surface area contributed by atoms with Gasteiger partial charge in [0, 0.05) is 23.6 Å². The molecule has 6 heteroatoms. The van der Waals surface area contributed by atoms with Gasteiger partial charge in [-0.3, -0.25) is 9.98 Å². The number of aromatic hydroxyl groups is 2. The third kappa shape index (κ3) is 6.76. The van der Waals surface area contributed by atoms with Crippen molar-refractivity contribution in [1.82, 2.24) is 0 Å². The van der Waals surface area contributed by atoms with E-state index in [0.29, 0.717) is 22.6 Å². The molecule has 0 aliphatic heterocycles. The highest BCUT2D eigenvalue weighted by Crippen LogP contribution is 2.37. The van der Waals surface area contributed by atoms with Crippen LogP contribution in [0.1, 0.15) is 47.9 Å². The molecule has 44 heavy (non-hydrogen) atoms. The molecule has 0 bridgehead atoms. The Morgan fingerprint density at radius 1 is 0.636 bits per heavy atom. The van der Waals surface area contributed by atoms with E-state index in [2.05, 4.69) is 13.2 Å². The lowest BCUT2D eigenvalue weighted by Gasteiger charge is -2.25. The zero-order valence-corrected chi connectivity index (χ0v) is 25.2. The first kappa shape index (κ1) is 30.4. The summed E-state index contributed by atoms with van der Waals surface area (Å²) in [5.74, 6) is 0.860. The minimum absolute atomic E-state index is 0.0464. The predicted molar refractivity (Wildman–Crippen MR) is 182 cm³/mol. The van der Waals surface area contributed by atoms with Gasteiger partial charge in [0.15, 0.2) is 23.0 Å². The largest absolute Gasteiger partial charge is 0.504 e. The molecule has 1 aliphatic rings. The summed E-state index contributed by atoms with van der Waals surface area (Å²) in [6.45, 7) is 7.74. The lowest BCUT2D eigenvalue weighted by molar-refractivity contribution is 0.372. The minimum Gasteiger partial charge on any atom is -0.504 e. The molecule has 0 heterocycles. The summed E-state index contributed by atoms with van der Waals surface area (Å²) in [6, 6.07) is 23.4. The average Bonchev–Trinajstić information content (AvgIpc) is 3.07. The summed E-state index contributed by atoms with van der Waals surface area (Å²) in [7, 11) is 3.09. The number of benzene rings is 4. The maximum atomic E-state index is 10.9. The molecule has 0 aromatic heterocycles. The maximum Gasteiger partial charge on any atom is 0.166 e. The number of ether oxygens (including phenoxy) is 2. The minimum atomic E-state index is -0.0744. The molecule has 2 atom stereocenters. The Bertz CT molecular complexity index is 1600. The second kappa shape index (κ2) is 13.9. The van der Waals surface area contributed by atoms with Gasteiger partial charge >= 0.3 is 0 Å². The van der Waals surface area contributed by atoms with Crippen molar-refractivity contribution in [2.45, 2.75) is 37.8 Å². The Kier molecular flexibility index (Phi) is 9.60. The van der Waals surface area contributed by atoms with Crippen LogP contribution in [0.15, 0.2) is 95.9 Å². The van der Waals surface area contributed by atoms with E-state index >= 15 is 0 Å². The summed E-state index contributed by atoms with van der Waals surface area (Å²) in [5, 5.41) is 21.9. The first-order chi connectivity index (χ1) is 21.4. The van der Waals surface area contributed by atoms with Crippen LogP contribution in [0.5, 0.6) is 23.0 Å². The smallest absolute Gasteiger partial charge is 0.166 e. The highest BCUT2D eigenvalue weighted by molar-refractivity contribution is 5.89. The Morgan fingerprint density at radius 2 is 1.07 bits per heavy atom. The zero-order chi connectivity index (χ0) is 31.1. The first-order valence-electron chi connectivity index (χ1n) is 14.8. The van der Waals surface area contributed by atoms with Crippen LogP contribution in [-0.4, -0.2) is 48.9 Å². The summed E-state index contributed by atoms with van der Waals surface area (Å²) < 4.78 is 11.0. The van der Waals surface area contributed by atoms with Gasteiger partial charge in [-0.25, -0.2) is 0 Å². The van der Waals surface area contributed by atoms with Crippen molar-refractivity contribution in [2.24, 2.45) is 9.98 Å². The third-order valence-electron chi connectivity index (χ3n) is 8.06. The third-order valence-corrected chi connectivity index (χ3v) is 8.06. The second-order valence-corrected chi connectivity index (χ2v) is 10.9. The molecule has 2 N–H and O–H groups in total. The Balaban J connectivity index is 1.44. The van der Waals surface area contributed by atoms with E-state index in [1.807, 2.05) is 72.8 Å². The van der Waals surface area contributed by atoms with Gasteiger partial charge in [0.25, 0.3) is 0 Å². The van der Waals surface area contributed by atoms with Crippen molar-refractivity contribution in [3.63, 3.8) is 0 Å². The monoisotopic (exact) mass is 586 g/mol. The number of phenolic OH excluding ortho intramolecular Hbond substituents is 2. The molecule has 1 aliphatic carbocycles. The number of hydrogen-bond donors (Lipinski definition) is 2. The molecule has 0 saturated heterocycles. The maximum absolute atomic E-state index is 10.9. The molecule has 0 amide bonds. The van der Waals surface area contributed by atoms with Crippen LogP contribution in [0.25, 0.3) is 34.4 Å². The van der Waals surface area contributed by atoms with Crippen LogP contribution in [0.4, 0.5) is 0 Å². The van der Waals surface area contributed by atoms with E-state index in [9.17, 15) is 10.2 Å². The van der Waals surface area contributed by atoms with Crippen LogP contribution in [0.2, 0.25) is 0 Å². The van der Waals surface area contributed by atoms with E-state index < -0.39 is 0 Å². The molecule has 2 unspecified atom stereocenters. The Labute approximate surface area is 259 Å². The highest BCUT2D eigenvalue weighted by Gasteiger charge is 2.24. The van der Waals surface area contributed by atoms with Crippen molar-refractivity contribution < 1.29 is 19.7 Å². The van der Waals surface area contributed by atoms with Gasteiger partial charge < -0.3 is 19.7 Å². The second-order valence-electron chi connectivity index (χ2n) is 10.9. The summed E-state index contributed by atoms with van der Waals surface area (Å²) >= 11 is 0. The molecule has 0 radical (unpaired) electrons. The molecule has 0 spiro atoms. The number of methoxy groups -OCH3 is 2. The summed E-state index contributed by atoms with van der Waals surface area (Å²) in [5.41, 5.74) is 6.96. The molecule has 4 aromatic carbocycles.